The van der Waals surface area contributed by atoms with E-state index in [0.29, 0.717) is 0 Å². The van der Waals surface area contributed by atoms with E-state index in [9.17, 15) is 14.0 Å². The number of nitrogens with zero attached hydrogens (tertiary/aromatic N) is 1. The van der Waals surface area contributed by atoms with Gasteiger partial charge in [-0.3, -0.25) is 14.6 Å². The third kappa shape index (κ3) is 3.32. The fourth-order valence-corrected chi connectivity index (χ4v) is 2.08. The number of H-pyrrole nitrogens is 1. The highest BCUT2D eigenvalue weighted by molar-refractivity contribution is 6.04. The van der Waals surface area contributed by atoms with Crippen molar-refractivity contribution < 1.29 is 9.18 Å². The molecule has 23 heavy (non-hydrogen) atoms. The highest BCUT2D eigenvalue weighted by atomic mass is 19.1. The first-order valence-corrected chi connectivity index (χ1v) is 6.83. The van der Waals surface area contributed by atoms with Crippen LogP contribution in [0.3, 0.4) is 0 Å². The predicted octanol–water partition coefficient (Wildman–Crippen LogP) is 2.83. The van der Waals surface area contributed by atoms with Crippen LogP contribution in [-0.2, 0) is 0 Å². The summed E-state index contributed by atoms with van der Waals surface area (Å²) in [6, 6.07) is 10.2. The van der Waals surface area contributed by atoms with Gasteiger partial charge in [-0.25, -0.2) is 4.39 Å². The maximum absolute atomic E-state index is 12.9. The van der Waals surface area contributed by atoms with Gasteiger partial charge in [-0.05, 0) is 48.0 Å². The number of nitrogens with one attached hydrogen (secondary N) is 2. The largest absolute Gasteiger partial charge is 0.327 e. The van der Waals surface area contributed by atoms with Gasteiger partial charge < -0.3 is 10.3 Å². The van der Waals surface area contributed by atoms with E-state index in [1.807, 2.05) is 0 Å². The van der Waals surface area contributed by atoms with Crippen molar-refractivity contribution in [2.75, 3.05) is 5.32 Å². The first kappa shape index (κ1) is 14.6. The first-order chi connectivity index (χ1) is 11.1. The highest BCUT2D eigenvalue weighted by Gasteiger charge is 2.10. The molecule has 0 unspecified atom stereocenters. The molecule has 0 aliphatic rings. The normalized spacial score (nSPS) is 10.3. The molecule has 1 amide bonds. The van der Waals surface area contributed by atoms with Crippen LogP contribution in [-0.4, -0.2) is 15.9 Å². The Labute approximate surface area is 130 Å². The van der Waals surface area contributed by atoms with E-state index >= 15 is 0 Å². The Kier molecular flexibility index (Phi) is 3.97. The number of hydrogen-bond donors (Lipinski definition) is 2. The molecule has 6 heteroatoms. The van der Waals surface area contributed by atoms with Crippen molar-refractivity contribution in [3.8, 4) is 11.1 Å². The molecule has 0 fully saturated rings. The summed E-state index contributed by atoms with van der Waals surface area (Å²) in [4.78, 5) is 30.5. The zero-order valence-corrected chi connectivity index (χ0v) is 11.9. The minimum absolute atomic E-state index is 0.119. The fourth-order valence-electron chi connectivity index (χ4n) is 2.08. The van der Waals surface area contributed by atoms with E-state index in [0.717, 1.165) is 11.1 Å². The lowest BCUT2D eigenvalue weighted by Gasteiger charge is -2.07. The molecule has 114 valence electrons. The molecular formula is C17H12FN3O2. The summed E-state index contributed by atoms with van der Waals surface area (Å²) in [5.41, 5.74) is 1.56. The first-order valence-electron chi connectivity index (χ1n) is 6.83. The lowest BCUT2D eigenvalue weighted by molar-refractivity contribution is 0.102. The van der Waals surface area contributed by atoms with Crippen LogP contribution in [0, 0.1) is 5.82 Å². The maximum Gasteiger partial charge on any atom is 0.271 e. The van der Waals surface area contributed by atoms with Crippen LogP contribution in [0.5, 0.6) is 0 Å². The van der Waals surface area contributed by atoms with E-state index in [2.05, 4.69) is 15.3 Å². The molecule has 0 bridgehead atoms. The van der Waals surface area contributed by atoms with Crippen LogP contribution < -0.4 is 10.9 Å². The molecule has 0 saturated carbocycles. The Morgan fingerprint density at radius 2 is 1.74 bits per heavy atom. The van der Waals surface area contributed by atoms with Gasteiger partial charge in [-0.15, -0.1) is 0 Å². The van der Waals surface area contributed by atoms with Crippen molar-refractivity contribution in [1.29, 1.82) is 0 Å². The van der Waals surface area contributed by atoms with Gasteiger partial charge in [-0.1, -0.05) is 0 Å². The number of aromatic nitrogens is 2. The average Bonchev–Trinajstić information content (AvgIpc) is 2.58. The number of amides is 1. The number of halogens is 1. The molecular weight excluding hydrogens is 297 g/mol. The molecule has 0 aliphatic heterocycles. The van der Waals surface area contributed by atoms with Gasteiger partial charge in [0.15, 0.2) is 0 Å². The molecule has 1 aromatic carbocycles. The summed E-state index contributed by atoms with van der Waals surface area (Å²) < 4.78 is 12.9. The number of carbonyl (C=O) groups excluding carboxylic acids is 1. The Bertz CT molecular complexity index is 890. The molecule has 0 radical (unpaired) electrons. The zero-order chi connectivity index (χ0) is 16.2. The fraction of sp³-hybridized carbons (Fsp3) is 0. The van der Waals surface area contributed by atoms with Crippen LogP contribution in [0.2, 0.25) is 0 Å². The summed E-state index contributed by atoms with van der Waals surface area (Å²) in [6.45, 7) is 0. The minimum Gasteiger partial charge on any atom is -0.327 e. The Balaban J connectivity index is 1.89. The predicted molar refractivity (Wildman–Crippen MR) is 84.6 cm³/mol. The van der Waals surface area contributed by atoms with E-state index in [1.54, 1.807) is 36.8 Å². The molecule has 0 atom stereocenters. The number of pyridine rings is 2. The van der Waals surface area contributed by atoms with Gasteiger partial charge in [0.05, 0.1) is 0 Å². The molecule has 3 aromatic rings. The summed E-state index contributed by atoms with van der Waals surface area (Å²) in [7, 11) is 0. The Morgan fingerprint density at radius 3 is 2.43 bits per heavy atom. The van der Waals surface area contributed by atoms with Gasteiger partial charge >= 0.3 is 0 Å². The van der Waals surface area contributed by atoms with Crippen molar-refractivity contribution in [1.82, 2.24) is 9.97 Å². The maximum atomic E-state index is 12.9. The van der Waals surface area contributed by atoms with Gasteiger partial charge in [0.25, 0.3) is 11.5 Å². The van der Waals surface area contributed by atoms with Gasteiger partial charge in [0.2, 0.25) is 0 Å². The van der Waals surface area contributed by atoms with Crippen LogP contribution in [0.25, 0.3) is 11.1 Å². The van der Waals surface area contributed by atoms with Crippen molar-refractivity contribution >= 4 is 11.6 Å². The van der Waals surface area contributed by atoms with Crippen LogP contribution in [0.1, 0.15) is 10.4 Å². The zero-order valence-electron chi connectivity index (χ0n) is 11.9. The standard InChI is InChI=1S/C17H12FN3O2/c18-14-3-1-12(2-4-14)16(22)21-15-9-13(10-20-17(15)23)11-5-7-19-8-6-11/h1-10H,(H,20,23)(H,21,22). The minimum atomic E-state index is -0.484. The quantitative estimate of drug-likeness (QED) is 0.781. The monoisotopic (exact) mass is 309 g/mol. The highest BCUT2D eigenvalue weighted by Crippen LogP contribution is 2.19. The number of benzene rings is 1. The lowest BCUT2D eigenvalue weighted by atomic mass is 10.1. The van der Waals surface area contributed by atoms with Crippen molar-refractivity contribution in [2.24, 2.45) is 0 Å². The van der Waals surface area contributed by atoms with E-state index < -0.39 is 17.3 Å². The number of aromatic amines is 1. The van der Waals surface area contributed by atoms with Gasteiger partial charge in [-0.2, -0.15) is 0 Å². The van der Waals surface area contributed by atoms with E-state index in [1.165, 1.54) is 24.3 Å². The Hall–Kier alpha value is -3.28. The van der Waals surface area contributed by atoms with Crippen LogP contribution in [0.4, 0.5) is 10.1 Å². The molecule has 0 aliphatic carbocycles. The molecule has 2 aromatic heterocycles. The van der Waals surface area contributed by atoms with E-state index in [4.69, 9.17) is 0 Å². The summed E-state index contributed by atoms with van der Waals surface area (Å²) in [5, 5.41) is 2.54. The van der Waals surface area contributed by atoms with E-state index in [-0.39, 0.29) is 11.3 Å². The van der Waals surface area contributed by atoms with Gasteiger partial charge in [0, 0.05) is 29.7 Å². The third-order valence-electron chi connectivity index (χ3n) is 3.27. The number of carbonyl (C=O) groups is 1. The van der Waals surface area contributed by atoms with Crippen molar-refractivity contribution in [2.45, 2.75) is 0 Å². The summed E-state index contributed by atoms with van der Waals surface area (Å²) >= 11 is 0. The Morgan fingerprint density at radius 1 is 1.04 bits per heavy atom. The van der Waals surface area contributed by atoms with Gasteiger partial charge in [0.1, 0.15) is 11.5 Å². The van der Waals surface area contributed by atoms with Crippen molar-refractivity contribution in [3.05, 3.63) is 82.8 Å². The number of anilines is 1. The second-order valence-electron chi connectivity index (χ2n) is 4.83. The number of hydrogen-bond acceptors (Lipinski definition) is 3. The molecule has 0 saturated heterocycles. The molecule has 2 heterocycles. The molecule has 3 rings (SSSR count). The smallest absolute Gasteiger partial charge is 0.271 e. The summed E-state index contributed by atoms with van der Waals surface area (Å²) in [6.07, 6.45) is 4.83. The average molecular weight is 309 g/mol. The SMILES string of the molecule is O=C(Nc1cc(-c2ccncc2)c[nH]c1=O)c1ccc(F)cc1. The molecule has 5 nitrogen and oxygen atoms in total. The van der Waals surface area contributed by atoms with Crippen LogP contribution >= 0.6 is 0 Å². The number of rotatable bonds is 3. The van der Waals surface area contributed by atoms with Crippen molar-refractivity contribution in [3.63, 3.8) is 0 Å². The summed E-state index contributed by atoms with van der Waals surface area (Å²) in [5.74, 6) is -0.915. The topological polar surface area (TPSA) is 74.8 Å². The second-order valence-corrected chi connectivity index (χ2v) is 4.83. The molecule has 2 N–H and O–H groups in total. The van der Waals surface area contributed by atoms with Crippen LogP contribution in [0.15, 0.2) is 65.8 Å². The lowest BCUT2D eigenvalue weighted by Crippen LogP contribution is -2.19. The second kappa shape index (κ2) is 6.23. The third-order valence-corrected chi connectivity index (χ3v) is 3.27. The molecule has 0 spiro atoms.